The minimum atomic E-state index is -0.330. The fraction of sp³-hybridized carbons (Fsp3) is 0.235. The van der Waals surface area contributed by atoms with Crippen LogP contribution in [0.1, 0.15) is 33.1 Å². The Hall–Kier alpha value is -2.00. The van der Waals surface area contributed by atoms with Gasteiger partial charge in [-0.05, 0) is 48.2 Å². The predicted molar refractivity (Wildman–Crippen MR) is 76.4 cm³/mol. The largest absolute Gasteiger partial charge is 0.303 e. The predicted octanol–water partition coefficient (Wildman–Crippen LogP) is 3.20. The van der Waals surface area contributed by atoms with E-state index in [1.54, 1.807) is 13.0 Å². The van der Waals surface area contributed by atoms with E-state index < -0.39 is 0 Å². The van der Waals surface area contributed by atoms with E-state index in [0.29, 0.717) is 11.1 Å². The van der Waals surface area contributed by atoms with Crippen LogP contribution < -0.4 is 5.32 Å². The second kappa shape index (κ2) is 5.17. The molecule has 0 saturated heterocycles. The number of carbonyl (C=O) groups is 1. The molecular weight excluding hydrogens is 253 g/mol. The molecule has 0 saturated carbocycles. The fourth-order valence-electron chi connectivity index (χ4n) is 2.80. The van der Waals surface area contributed by atoms with E-state index in [2.05, 4.69) is 11.4 Å². The van der Waals surface area contributed by atoms with Crippen molar-refractivity contribution < 1.29 is 9.18 Å². The Morgan fingerprint density at radius 2 is 2.05 bits per heavy atom. The highest BCUT2D eigenvalue weighted by Crippen LogP contribution is 2.27. The van der Waals surface area contributed by atoms with Crippen LogP contribution in [0.15, 0.2) is 42.5 Å². The first-order valence-corrected chi connectivity index (χ1v) is 6.78. The van der Waals surface area contributed by atoms with Gasteiger partial charge in [0.15, 0.2) is 5.78 Å². The normalized spacial score (nSPS) is 17.6. The van der Waals surface area contributed by atoms with Crippen LogP contribution in [0.25, 0.3) is 0 Å². The van der Waals surface area contributed by atoms with Crippen molar-refractivity contribution in [2.45, 2.75) is 19.4 Å². The van der Waals surface area contributed by atoms with Gasteiger partial charge >= 0.3 is 0 Å². The molecule has 0 spiro atoms. The molecule has 2 aromatic rings. The van der Waals surface area contributed by atoms with Gasteiger partial charge in [0.05, 0.1) is 6.04 Å². The average Bonchev–Trinajstić information content (AvgIpc) is 2.46. The van der Waals surface area contributed by atoms with Crippen molar-refractivity contribution in [3.8, 4) is 0 Å². The highest BCUT2D eigenvalue weighted by atomic mass is 19.1. The van der Waals surface area contributed by atoms with Crippen LogP contribution in [0.3, 0.4) is 0 Å². The van der Waals surface area contributed by atoms with Crippen molar-refractivity contribution in [3.05, 3.63) is 70.5 Å². The third-order valence-electron chi connectivity index (χ3n) is 3.82. The van der Waals surface area contributed by atoms with E-state index in [1.807, 2.05) is 18.2 Å². The third-order valence-corrected chi connectivity index (χ3v) is 3.82. The number of nitrogens with one attached hydrogen (secondary N) is 1. The summed E-state index contributed by atoms with van der Waals surface area (Å²) >= 11 is 0. The first-order valence-electron chi connectivity index (χ1n) is 6.78. The molecule has 0 aromatic heterocycles. The van der Waals surface area contributed by atoms with Gasteiger partial charge in [0.25, 0.3) is 0 Å². The summed E-state index contributed by atoms with van der Waals surface area (Å²) in [6.07, 6.45) is 0.933. The Kier molecular flexibility index (Phi) is 3.36. The average molecular weight is 269 g/mol. The number of ketones is 1. The number of rotatable bonds is 2. The molecule has 1 atom stereocenters. The first-order chi connectivity index (χ1) is 9.66. The summed E-state index contributed by atoms with van der Waals surface area (Å²) < 4.78 is 13.2. The Bertz CT molecular complexity index is 666. The highest BCUT2D eigenvalue weighted by Gasteiger charge is 2.27. The number of hydrogen-bond acceptors (Lipinski definition) is 2. The maximum absolute atomic E-state index is 13.2. The zero-order valence-corrected chi connectivity index (χ0v) is 11.3. The molecule has 3 rings (SSSR count). The van der Waals surface area contributed by atoms with Crippen LogP contribution >= 0.6 is 0 Å². The summed E-state index contributed by atoms with van der Waals surface area (Å²) in [5.74, 6) is -0.300. The van der Waals surface area contributed by atoms with Crippen LogP contribution in [-0.4, -0.2) is 12.3 Å². The molecule has 0 aliphatic carbocycles. The second-order valence-electron chi connectivity index (χ2n) is 5.16. The molecule has 0 amide bonds. The lowest BCUT2D eigenvalue weighted by Crippen LogP contribution is -2.35. The lowest BCUT2D eigenvalue weighted by Gasteiger charge is -2.26. The molecule has 3 heteroatoms. The monoisotopic (exact) mass is 269 g/mol. The molecule has 1 N–H and O–H groups in total. The summed E-state index contributed by atoms with van der Waals surface area (Å²) in [6.45, 7) is 2.55. The zero-order chi connectivity index (χ0) is 14.1. The fourth-order valence-corrected chi connectivity index (χ4v) is 2.80. The molecule has 0 radical (unpaired) electrons. The van der Waals surface area contributed by atoms with Gasteiger partial charge in [0, 0.05) is 12.1 Å². The molecule has 1 aliphatic heterocycles. The van der Waals surface area contributed by atoms with Crippen molar-refractivity contribution in [3.63, 3.8) is 0 Å². The van der Waals surface area contributed by atoms with Gasteiger partial charge in [-0.2, -0.15) is 0 Å². The summed E-state index contributed by atoms with van der Waals surface area (Å²) in [5, 5.41) is 3.27. The van der Waals surface area contributed by atoms with Crippen LogP contribution in [0.2, 0.25) is 0 Å². The number of Topliss-reactive ketones (excluding diaryl/α,β-unsaturated/α-hetero) is 1. The lowest BCUT2D eigenvalue weighted by atomic mass is 9.88. The van der Waals surface area contributed by atoms with Crippen molar-refractivity contribution in [2.24, 2.45) is 0 Å². The second-order valence-corrected chi connectivity index (χ2v) is 5.16. The van der Waals surface area contributed by atoms with Gasteiger partial charge in [-0.25, -0.2) is 4.39 Å². The van der Waals surface area contributed by atoms with E-state index >= 15 is 0 Å². The van der Waals surface area contributed by atoms with E-state index in [-0.39, 0.29) is 17.6 Å². The maximum atomic E-state index is 13.2. The van der Waals surface area contributed by atoms with Gasteiger partial charge in [0.1, 0.15) is 5.82 Å². The van der Waals surface area contributed by atoms with Crippen molar-refractivity contribution in [1.82, 2.24) is 5.32 Å². The maximum Gasteiger partial charge on any atom is 0.184 e. The number of carbonyl (C=O) groups excluding carboxylic acids is 1. The Labute approximate surface area is 117 Å². The topological polar surface area (TPSA) is 29.1 Å². The molecule has 0 fully saturated rings. The number of halogens is 1. The molecule has 2 aromatic carbocycles. The minimum absolute atomic E-state index is 0.00894. The van der Waals surface area contributed by atoms with Gasteiger partial charge in [0.2, 0.25) is 0 Å². The zero-order valence-electron chi connectivity index (χ0n) is 11.3. The quantitative estimate of drug-likeness (QED) is 0.848. The standard InChI is InChI=1S/C17H16FNO/c1-11-10-13(18)6-7-14(11)17(20)16-15-5-3-2-4-12(15)8-9-19-16/h2-7,10,16,19H,8-9H2,1H3. The van der Waals surface area contributed by atoms with Crippen LogP contribution in [0.5, 0.6) is 0 Å². The highest BCUT2D eigenvalue weighted by molar-refractivity contribution is 6.02. The summed E-state index contributed by atoms with van der Waals surface area (Å²) in [6, 6.07) is 12.0. The summed E-state index contributed by atoms with van der Waals surface area (Å²) in [4.78, 5) is 12.7. The summed E-state index contributed by atoms with van der Waals surface area (Å²) in [7, 11) is 0. The third kappa shape index (κ3) is 2.25. The van der Waals surface area contributed by atoms with Gasteiger partial charge in [-0.15, -0.1) is 0 Å². The van der Waals surface area contributed by atoms with E-state index in [1.165, 1.54) is 17.7 Å². The number of fused-ring (bicyclic) bond motifs is 1. The van der Waals surface area contributed by atoms with Gasteiger partial charge in [-0.3, -0.25) is 4.79 Å². The Morgan fingerprint density at radius 1 is 1.25 bits per heavy atom. The number of benzene rings is 2. The molecule has 2 nitrogen and oxygen atoms in total. The molecular formula is C17H16FNO. The lowest BCUT2D eigenvalue weighted by molar-refractivity contribution is 0.0939. The van der Waals surface area contributed by atoms with E-state index in [4.69, 9.17) is 0 Å². The van der Waals surface area contributed by atoms with Crippen LogP contribution in [0, 0.1) is 12.7 Å². The van der Waals surface area contributed by atoms with Crippen molar-refractivity contribution in [2.75, 3.05) is 6.54 Å². The number of hydrogen-bond donors (Lipinski definition) is 1. The SMILES string of the molecule is Cc1cc(F)ccc1C(=O)C1NCCc2ccccc21. The smallest absolute Gasteiger partial charge is 0.184 e. The molecule has 1 heterocycles. The number of aryl methyl sites for hydroxylation is 1. The van der Waals surface area contributed by atoms with E-state index in [0.717, 1.165) is 18.5 Å². The molecule has 1 unspecified atom stereocenters. The van der Waals surface area contributed by atoms with Gasteiger partial charge in [-0.1, -0.05) is 24.3 Å². The summed E-state index contributed by atoms with van der Waals surface area (Å²) in [5.41, 5.74) is 3.51. The Balaban J connectivity index is 2.00. The van der Waals surface area contributed by atoms with Crippen molar-refractivity contribution in [1.29, 1.82) is 0 Å². The van der Waals surface area contributed by atoms with Crippen LogP contribution in [0.4, 0.5) is 4.39 Å². The van der Waals surface area contributed by atoms with Crippen molar-refractivity contribution >= 4 is 5.78 Å². The Morgan fingerprint density at radius 3 is 2.85 bits per heavy atom. The molecule has 102 valence electrons. The molecule has 0 bridgehead atoms. The van der Waals surface area contributed by atoms with Crippen LogP contribution in [-0.2, 0) is 6.42 Å². The van der Waals surface area contributed by atoms with Gasteiger partial charge < -0.3 is 5.32 Å². The minimum Gasteiger partial charge on any atom is -0.303 e. The molecule has 1 aliphatic rings. The first kappa shape index (κ1) is 13.0. The molecule has 20 heavy (non-hydrogen) atoms. The van der Waals surface area contributed by atoms with E-state index in [9.17, 15) is 9.18 Å².